The molecule has 15 heavy (non-hydrogen) atoms. The minimum Gasteiger partial charge on any atom is -0.324 e. The maximum absolute atomic E-state index is 6.19. The van der Waals surface area contributed by atoms with Crippen molar-refractivity contribution in [2.75, 3.05) is 0 Å². The lowest BCUT2D eigenvalue weighted by Gasteiger charge is -2.17. The highest BCUT2D eigenvalue weighted by molar-refractivity contribution is 5.29. The summed E-state index contributed by atoms with van der Waals surface area (Å²) in [6.45, 7) is 0. The van der Waals surface area contributed by atoms with Gasteiger partial charge >= 0.3 is 0 Å². The molecule has 0 aliphatic heterocycles. The van der Waals surface area contributed by atoms with Crippen LogP contribution < -0.4 is 5.73 Å². The smallest absolute Gasteiger partial charge is 0.0435 e. The molecule has 2 N–H and O–H groups in total. The lowest BCUT2D eigenvalue weighted by molar-refractivity contribution is 0.618. The van der Waals surface area contributed by atoms with Gasteiger partial charge < -0.3 is 5.73 Å². The topological polar surface area (TPSA) is 38.9 Å². The van der Waals surface area contributed by atoms with E-state index in [1.54, 1.807) is 0 Å². The van der Waals surface area contributed by atoms with Gasteiger partial charge in [-0.1, -0.05) is 6.07 Å². The van der Waals surface area contributed by atoms with Gasteiger partial charge in [-0.25, -0.2) is 0 Å². The molecule has 0 saturated heterocycles. The van der Waals surface area contributed by atoms with Gasteiger partial charge in [-0.05, 0) is 55.6 Å². The van der Waals surface area contributed by atoms with Gasteiger partial charge in [-0.15, -0.1) is 0 Å². The first-order chi connectivity index (χ1) is 7.34. The number of pyridine rings is 1. The van der Waals surface area contributed by atoms with E-state index >= 15 is 0 Å². The Bertz CT molecular complexity index is 369. The van der Waals surface area contributed by atoms with E-state index in [4.69, 9.17) is 5.73 Å². The third kappa shape index (κ3) is 1.78. The number of nitrogens with zero attached hydrogens (tertiary/aromatic N) is 1. The number of aryl methyl sites for hydroxylation is 2. The molecular formula is C13H18N2. The first-order valence-electron chi connectivity index (χ1n) is 6.08. The van der Waals surface area contributed by atoms with Crippen molar-refractivity contribution >= 4 is 0 Å². The number of hydrogen-bond donors (Lipinski definition) is 1. The van der Waals surface area contributed by atoms with E-state index in [0.717, 1.165) is 12.3 Å². The zero-order chi connectivity index (χ0) is 10.3. The summed E-state index contributed by atoms with van der Waals surface area (Å²) in [5, 5.41) is 0. The summed E-state index contributed by atoms with van der Waals surface area (Å²) in [4.78, 5) is 4.57. The van der Waals surface area contributed by atoms with Crippen LogP contribution >= 0.6 is 0 Å². The quantitative estimate of drug-likeness (QED) is 0.799. The van der Waals surface area contributed by atoms with Crippen LogP contribution in [0, 0.1) is 5.92 Å². The summed E-state index contributed by atoms with van der Waals surface area (Å²) in [5.74, 6) is 0.730. The highest BCUT2D eigenvalue weighted by Crippen LogP contribution is 2.39. The van der Waals surface area contributed by atoms with Gasteiger partial charge in [0.15, 0.2) is 0 Å². The molecule has 0 amide bonds. The van der Waals surface area contributed by atoms with Crippen LogP contribution in [0.4, 0.5) is 0 Å². The molecule has 0 bridgehead atoms. The van der Waals surface area contributed by atoms with E-state index < -0.39 is 0 Å². The molecule has 1 heterocycles. The molecule has 0 radical (unpaired) electrons. The van der Waals surface area contributed by atoms with Crippen molar-refractivity contribution in [2.45, 2.75) is 44.6 Å². The first-order valence-corrected chi connectivity index (χ1v) is 6.08. The lowest BCUT2D eigenvalue weighted by atomic mass is 9.93. The van der Waals surface area contributed by atoms with Crippen LogP contribution in [0.1, 0.15) is 48.5 Å². The summed E-state index contributed by atoms with van der Waals surface area (Å²) < 4.78 is 0. The predicted octanol–water partition coefficient (Wildman–Crippen LogP) is 2.37. The monoisotopic (exact) mass is 202 g/mol. The number of aromatic nitrogens is 1. The normalized spacial score (nSPS) is 22.2. The summed E-state index contributed by atoms with van der Waals surface area (Å²) in [6.07, 6.45) is 9.59. The largest absolute Gasteiger partial charge is 0.324 e. The van der Waals surface area contributed by atoms with Crippen molar-refractivity contribution < 1.29 is 0 Å². The van der Waals surface area contributed by atoms with Gasteiger partial charge in [0.1, 0.15) is 0 Å². The molecule has 1 aromatic heterocycles. The first kappa shape index (κ1) is 9.34. The summed E-state index contributed by atoms with van der Waals surface area (Å²) >= 11 is 0. The fraction of sp³-hybridized carbons (Fsp3) is 0.615. The minimum absolute atomic E-state index is 0.240. The predicted molar refractivity (Wildman–Crippen MR) is 60.5 cm³/mol. The molecule has 2 aliphatic rings. The number of rotatable bonds is 2. The van der Waals surface area contributed by atoms with Gasteiger partial charge in [-0.3, -0.25) is 4.98 Å². The maximum Gasteiger partial charge on any atom is 0.0435 e. The third-order valence-corrected chi connectivity index (χ3v) is 3.71. The summed E-state index contributed by atoms with van der Waals surface area (Å²) in [7, 11) is 0. The second-order valence-corrected chi connectivity index (χ2v) is 4.94. The average Bonchev–Trinajstić information content (AvgIpc) is 3.11. The molecule has 2 aliphatic carbocycles. The maximum atomic E-state index is 6.19. The molecule has 1 saturated carbocycles. The SMILES string of the molecule is N[C@H](c1cnc2c(c1)CCCC2)C1CC1. The summed E-state index contributed by atoms with van der Waals surface area (Å²) in [5.41, 5.74) is 10.2. The van der Waals surface area contributed by atoms with Crippen LogP contribution in [0.15, 0.2) is 12.3 Å². The molecular weight excluding hydrogens is 184 g/mol. The lowest BCUT2D eigenvalue weighted by Crippen LogP contribution is -2.15. The van der Waals surface area contributed by atoms with Crippen molar-refractivity contribution in [3.63, 3.8) is 0 Å². The Morgan fingerprint density at radius 3 is 2.87 bits per heavy atom. The second kappa shape index (κ2) is 3.60. The number of nitrogens with two attached hydrogens (primary N) is 1. The Labute approximate surface area is 90.9 Å². The van der Waals surface area contributed by atoms with Crippen LogP contribution in [0.5, 0.6) is 0 Å². The molecule has 0 spiro atoms. The Balaban J connectivity index is 1.89. The second-order valence-electron chi connectivity index (χ2n) is 4.94. The fourth-order valence-electron chi connectivity index (χ4n) is 2.52. The highest BCUT2D eigenvalue weighted by Gasteiger charge is 2.30. The van der Waals surface area contributed by atoms with E-state index in [1.807, 2.05) is 6.20 Å². The van der Waals surface area contributed by atoms with Gasteiger partial charge in [0, 0.05) is 17.9 Å². The van der Waals surface area contributed by atoms with E-state index in [1.165, 1.54) is 48.9 Å². The van der Waals surface area contributed by atoms with Crippen molar-refractivity contribution in [1.82, 2.24) is 4.98 Å². The summed E-state index contributed by atoms with van der Waals surface area (Å²) in [6, 6.07) is 2.55. The number of hydrogen-bond acceptors (Lipinski definition) is 2. The van der Waals surface area contributed by atoms with Gasteiger partial charge in [0.05, 0.1) is 0 Å². The third-order valence-electron chi connectivity index (χ3n) is 3.71. The zero-order valence-electron chi connectivity index (χ0n) is 9.08. The van der Waals surface area contributed by atoms with E-state index in [2.05, 4.69) is 11.1 Å². The molecule has 1 aromatic rings. The van der Waals surface area contributed by atoms with Crippen LogP contribution in [-0.4, -0.2) is 4.98 Å². The van der Waals surface area contributed by atoms with Crippen molar-refractivity contribution in [1.29, 1.82) is 0 Å². The van der Waals surface area contributed by atoms with Crippen molar-refractivity contribution in [3.05, 3.63) is 29.1 Å². The molecule has 1 atom stereocenters. The van der Waals surface area contributed by atoms with E-state index in [-0.39, 0.29) is 6.04 Å². The van der Waals surface area contributed by atoms with E-state index in [0.29, 0.717) is 0 Å². The zero-order valence-corrected chi connectivity index (χ0v) is 9.08. The van der Waals surface area contributed by atoms with Gasteiger partial charge in [0.2, 0.25) is 0 Å². The molecule has 0 unspecified atom stereocenters. The fourth-order valence-corrected chi connectivity index (χ4v) is 2.52. The van der Waals surface area contributed by atoms with Crippen LogP contribution in [0.3, 0.4) is 0 Å². The van der Waals surface area contributed by atoms with Crippen molar-refractivity contribution in [3.8, 4) is 0 Å². The van der Waals surface area contributed by atoms with Gasteiger partial charge in [-0.2, -0.15) is 0 Å². The standard InChI is InChI=1S/C13H18N2/c14-13(9-5-6-9)11-7-10-3-1-2-4-12(10)15-8-11/h7-9,13H,1-6,14H2/t13-/m0/s1. The highest BCUT2D eigenvalue weighted by atomic mass is 14.7. The molecule has 3 rings (SSSR count). The Morgan fingerprint density at radius 2 is 2.07 bits per heavy atom. The van der Waals surface area contributed by atoms with Crippen LogP contribution in [0.25, 0.3) is 0 Å². The molecule has 80 valence electrons. The molecule has 2 heteroatoms. The van der Waals surface area contributed by atoms with Crippen LogP contribution in [0.2, 0.25) is 0 Å². The minimum atomic E-state index is 0.240. The number of fused-ring (bicyclic) bond motifs is 1. The Hall–Kier alpha value is -0.890. The average molecular weight is 202 g/mol. The Kier molecular flexibility index (Phi) is 2.24. The van der Waals surface area contributed by atoms with Crippen LogP contribution in [-0.2, 0) is 12.8 Å². The van der Waals surface area contributed by atoms with E-state index in [9.17, 15) is 0 Å². The molecule has 0 aromatic carbocycles. The molecule has 1 fully saturated rings. The van der Waals surface area contributed by atoms with Crippen molar-refractivity contribution in [2.24, 2.45) is 11.7 Å². The molecule has 2 nitrogen and oxygen atoms in total. The van der Waals surface area contributed by atoms with Gasteiger partial charge in [0.25, 0.3) is 0 Å². The Morgan fingerprint density at radius 1 is 1.27 bits per heavy atom.